The molecule has 3 heterocycles. The predicted octanol–water partition coefficient (Wildman–Crippen LogP) is 1.97. The molecule has 6 nitrogen and oxygen atoms in total. The zero-order chi connectivity index (χ0) is 17.9. The highest BCUT2D eigenvalue weighted by molar-refractivity contribution is 6.74. The van der Waals surface area contributed by atoms with Crippen LogP contribution in [0.5, 0.6) is 0 Å². The minimum Gasteiger partial charge on any atom is -0.408 e. The molecule has 0 spiro atoms. The van der Waals surface area contributed by atoms with Gasteiger partial charge in [0, 0.05) is 5.88 Å². The molecule has 2 N–H and O–H groups in total. The average molecular weight is 381 g/mol. The van der Waals surface area contributed by atoms with Crippen molar-refractivity contribution < 1.29 is 28.8 Å². The zero-order valence-electron chi connectivity index (χ0n) is 15.0. The maximum absolute atomic E-state index is 11.3. The van der Waals surface area contributed by atoms with Crippen LogP contribution < -0.4 is 0 Å². The molecule has 4 bridgehead atoms. The third-order valence-electron chi connectivity index (χ3n) is 5.99. The van der Waals surface area contributed by atoms with E-state index in [1.807, 2.05) is 0 Å². The minimum absolute atomic E-state index is 0.00261. The van der Waals surface area contributed by atoms with Gasteiger partial charge < -0.3 is 28.8 Å². The Hall–Kier alpha value is 0.267. The molecule has 7 atom stereocenters. The number of aliphatic hydroxyl groups is 2. The molecule has 0 amide bonds. The fraction of sp³-hybridized carbons (Fsp3) is 1.00. The van der Waals surface area contributed by atoms with Crippen LogP contribution in [0, 0.1) is 0 Å². The van der Waals surface area contributed by atoms with Gasteiger partial charge in [-0.25, -0.2) is 0 Å². The van der Waals surface area contributed by atoms with E-state index in [2.05, 4.69) is 33.9 Å². The lowest BCUT2D eigenvalue weighted by Gasteiger charge is -2.63. The first-order valence-electron chi connectivity index (χ1n) is 8.62. The Labute approximate surface area is 149 Å². The van der Waals surface area contributed by atoms with Crippen molar-refractivity contribution in [2.24, 2.45) is 0 Å². The Bertz CT molecular complexity index is 484. The van der Waals surface area contributed by atoms with Gasteiger partial charge in [-0.1, -0.05) is 20.8 Å². The molecule has 3 aliphatic heterocycles. The third-order valence-corrected chi connectivity index (χ3v) is 10.7. The largest absolute Gasteiger partial charge is 0.408 e. The minimum atomic E-state index is -2.14. The van der Waals surface area contributed by atoms with E-state index in [1.54, 1.807) is 0 Å². The van der Waals surface area contributed by atoms with Gasteiger partial charge in [-0.15, -0.1) is 11.6 Å². The molecule has 0 radical (unpaired) electrons. The summed E-state index contributed by atoms with van der Waals surface area (Å²) in [7, 11) is -2.14. The van der Waals surface area contributed by atoms with Gasteiger partial charge in [-0.3, -0.25) is 0 Å². The highest BCUT2D eigenvalue weighted by Crippen LogP contribution is 2.50. The van der Waals surface area contributed by atoms with E-state index in [-0.39, 0.29) is 5.04 Å². The van der Waals surface area contributed by atoms with Crippen LogP contribution in [0.25, 0.3) is 0 Å². The summed E-state index contributed by atoms with van der Waals surface area (Å²) in [5.41, 5.74) is -1.32. The molecule has 4 rings (SSSR count). The molecule has 0 aromatic carbocycles. The van der Waals surface area contributed by atoms with Crippen molar-refractivity contribution in [2.45, 2.75) is 94.3 Å². The zero-order valence-corrected chi connectivity index (χ0v) is 16.7. The average Bonchev–Trinajstić information content (AvgIpc) is 2.47. The molecular formula is C16H29ClO6Si. The van der Waals surface area contributed by atoms with Crippen LogP contribution in [-0.2, 0) is 18.6 Å². The maximum atomic E-state index is 11.3. The molecule has 140 valence electrons. The Morgan fingerprint density at radius 2 is 1.79 bits per heavy atom. The molecule has 1 aliphatic carbocycles. The van der Waals surface area contributed by atoms with E-state index < -0.39 is 50.9 Å². The summed E-state index contributed by atoms with van der Waals surface area (Å²) in [6, 6.07) is 0. The summed E-state index contributed by atoms with van der Waals surface area (Å²) in [6.07, 6.45) is -2.33. The number of ether oxygens (including phenoxy) is 3. The molecule has 4 fully saturated rings. The number of halogens is 1. The van der Waals surface area contributed by atoms with E-state index in [4.69, 9.17) is 30.2 Å². The molecule has 8 heteroatoms. The van der Waals surface area contributed by atoms with Crippen molar-refractivity contribution in [3.8, 4) is 0 Å². The van der Waals surface area contributed by atoms with Crippen molar-refractivity contribution in [1.29, 1.82) is 0 Å². The summed E-state index contributed by atoms with van der Waals surface area (Å²) in [4.78, 5) is 0. The van der Waals surface area contributed by atoms with Crippen LogP contribution in [0.4, 0.5) is 0 Å². The first kappa shape index (κ1) is 19.0. The van der Waals surface area contributed by atoms with Crippen LogP contribution >= 0.6 is 11.6 Å². The molecule has 0 aromatic rings. The molecular weight excluding hydrogens is 352 g/mol. The van der Waals surface area contributed by atoms with Gasteiger partial charge >= 0.3 is 0 Å². The van der Waals surface area contributed by atoms with Crippen molar-refractivity contribution in [2.75, 3.05) is 5.88 Å². The van der Waals surface area contributed by atoms with Gasteiger partial charge in [0.25, 0.3) is 6.48 Å². The Kier molecular flexibility index (Phi) is 4.89. The van der Waals surface area contributed by atoms with Gasteiger partial charge in [0.15, 0.2) is 8.32 Å². The van der Waals surface area contributed by atoms with Crippen LogP contribution in [0.15, 0.2) is 0 Å². The first-order chi connectivity index (χ1) is 11.0. The summed E-state index contributed by atoms with van der Waals surface area (Å²) in [6.45, 7) is 9.88. The predicted molar refractivity (Wildman–Crippen MR) is 91.4 cm³/mol. The van der Waals surface area contributed by atoms with Gasteiger partial charge in [0.1, 0.15) is 36.1 Å². The monoisotopic (exact) mass is 380 g/mol. The molecule has 24 heavy (non-hydrogen) atoms. The maximum Gasteiger partial charge on any atom is 0.273 e. The number of hydrogen-bond donors (Lipinski definition) is 2. The summed E-state index contributed by atoms with van der Waals surface area (Å²) in [5.74, 6) is 0.426. The fourth-order valence-electron chi connectivity index (χ4n) is 3.58. The van der Waals surface area contributed by atoms with Crippen LogP contribution in [-0.4, -0.2) is 67.0 Å². The number of rotatable bonds is 5. The molecule has 3 saturated heterocycles. The van der Waals surface area contributed by atoms with E-state index in [1.165, 1.54) is 0 Å². The third kappa shape index (κ3) is 2.87. The molecule has 4 aliphatic rings. The second-order valence-corrected chi connectivity index (χ2v) is 13.8. The number of hydrogen-bond acceptors (Lipinski definition) is 6. The normalized spacial score (nSPS) is 45.0. The van der Waals surface area contributed by atoms with Crippen LogP contribution in [0.1, 0.15) is 33.6 Å². The molecule has 1 saturated carbocycles. The van der Waals surface area contributed by atoms with Crippen molar-refractivity contribution in [3.05, 3.63) is 0 Å². The highest BCUT2D eigenvalue weighted by atomic mass is 35.5. The Morgan fingerprint density at radius 1 is 1.17 bits per heavy atom. The summed E-state index contributed by atoms with van der Waals surface area (Å²) >= 11 is 5.81. The second-order valence-electron chi connectivity index (χ2n) is 8.62. The van der Waals surface area contributed by atoms with Crippen molar-refractivity contribution >= 4 is 19.9 Å². The van der Waals surface area contributed by atoms with Gasteiger partial charge in [0.05, 0.1) is 0 Å². The van der Waals surface area contributed by atoms with Crippen LogP contribution in [0.2, 0.25) is 18.1 Å². The lowest BCUT2D eigenvalue weighted by Crippen LogP contribution is -2.81. The lowest BCUT2D eigenvalue weighted by molar-refractivity contribution is -0.499. The van der Waals surface area contributed by atoms with E-state index in [9.17, 15) is 10.2 Å². The van der Waals surface area contributed by atoms with E-state index in [0.717, 1.165) is 0 Å². The van der Waals surface area contributed by atoms with E-state index >= 15 is 0 Å². The highest BCUT2D eigenvalue weighted by Gasteiger charge is 2.69. The summed E-state index contributed by atoms with van der Waals surface area (Å²) in [5, 5.41) is 21.9. The molecule has 0 aromatic heterocycles. The Balaban J connectivity index is 1.90. The SMILES string of the molecule is CC(C)(C)[Si](C)(C)O[C@@H]1[C@H]2O[C@H]3O[C@@H]([C@@H]2O)[C@](O)(CCCCl)[C@H]1O3. The van der Waals surface area contributed by atoms with Gasteiger partial charge in [-0.05, 0) is 31.0 Å². The Morgan fingerprint density at radius 3 is 2.38 bits per heavy atom. The quantitative estimate of drug-likeness (QED) is 0.561. The van der Waals surface area contributed by atoms with Crippen LogP contribution in [0.3, 0.4) is 0 Å². The topological polar surface area (TPSA) is 77.4 Å². The smallest absolute Gasteiger partial charge is 0.273 e. The first-order valence-corrected chi connectivity index (χ1v) is 12.1. The van der Waals surface area contributed by atoms with Gasteiger partial charge in [0.2, 0.25) is 0 Å². The number of aliphatic hydroxyl groups excluding tert-OH is 1. The second kappa shape index (κ2) is 6.16. The fourth-order valence-corrected chi connectivity index (χ4v) is 5.00. The standard InChI is InChI=1S/C16H29ClO6Si/c1-15(2,3)24(4,5)23-11-10-9(18)12-16(19,7-6-8-17)13(11)22-14(20-10)21-12/h9-14,18-19H,6-8H2,1-5H3/t9-,10+,11-,12+,13+,14+,16-/m1/s1. The number of alkyl halides is 1. The molecule has 0 unspecified atom stereocenters. The van der Waals surface area contributed by atoms with Crippen molar-refractivity contribution in [1.82, 2.24) is 0 Å². The summed E-state index contributed by atoms with van der Waals surface area (Å²) < 4.78 is 23.5. The van der Waals surface area contributed by atoms with E-state index in [0.29, 0.717) is 18.7 Å². The van der Waals surface area contributed by atoms with Crippen molar-refractivity contribution in [3.63, 3.8) is 0 Å². The lowest BCUT2D eigenvalue weighted by atomic mass is 9.71. The van der Waals surface area contributed by atoms with Gasteiger partial charge in [-0.2, -0.15) is 0 Å².